The van der Waals surface area contributed by atoms with Gasteiger partial charge >= 0.3 is 0 Å². The molecule has 0 atom stereocenters. The fourth-order valence-electron chi connectivity index (χ4n) is 1.55. The van der Waals surface area contributed by atoms with E-state index < -0.39 is 0 Å². The van der Waals surface area contributed by atoms with Crippen molar-refractivity contribution in [3.05, 3.63) is 45.3 Å². The van der Waals surface area contributed by atoms with E-state index in [9.17, 15) is 0 Å². The SMILES string of the molecule is COc1cc(Nc2cccc(N)c2)c(Br)cc1Br. The maximum atomic E-state index is 5.75. The predicted octanol–water partition coefficient (Wildman–Crippen LogP) is 4.55. The van der Waals surface area contributed by atoms with E-state index in [0.717, 1.165) is 31.8 Å². The summed E-state index contributed by atoms with van der Waals surface area (Å²) in [5, 5.41) is 3.29. The number of hydrogen-bond donors (Lipinski definition) is 2. The van der Waals surface area contributed by atoms with Crippen molar-refractivity contribution in [2.45, 2.75) is 0 Å². The number of rotatable bonds is 3. The van der Waals surface area contributed by atoms with Gasteiger partial charge in [-0.05, 0) is 56.1 Å². The zero-order chi connectivity index (χ0) is 13.1. The second kappa shape index (κ2) is 5.63. The number of hydrogen-bond acceptors (Lipinski definition) is 3. The molecule has 2 aromatic carbocycles. The number of halogens is 2. The molecular weight excluding hydrogens is 360 g/mol. The van der Waals surface area contributed by atoms with E-state index in [2.05, 4.69) is 37.2 Å². The van der Waals surface area contributed by atoms with E-state index in [0.29, 0.717) is 0 Å². The second-order valence-electron chi connectivity index (χ2n) is 3.72. The van der Waals surface area contributed by atoms with Crippen molar-refractivity contribution in [1.29, 1.82) is 0 Å². The first-order valence-corrected chi connectivity index (χ1v) is 6.84. The van der Waals surface area contributed by atoms with Crippen molar-refractivity contribution < 1.29 is 4.74 Å². The molecule has 5 heteroatoms. The van der Waals surface area contributed by atoms with Crippen molar-refractivity contribution in [3.63, 3.8) is 0 Å². The molecule has 0 radical (unpaired) electrons. The largest absolute Gasteiger partial charge is 0.495 e. The minimum absolute atomic E-state index is 0.722. The Hall–Kier alpha value is -1.20. The van der Waals surface area contributed by atoms with Crippen LogP contribution in [0.2, 0.25) is 0 Å². The summed E-state index contributed by atoms with van der Waals surface area (Å²) < 4.78 is 7.11. The Kier molecular flexibility index (Phi) is 4.14. The fourth-order valence-corrected chi connectivity index (χ4v) is 2.81. The maximum Gasteiger partial charge on any atom is 0.135 e. The van der Waals surface area contributed by atoms with Crippen LogP contribution in [-0.2, 0) is 0 Å². The van der Waals surface area contributed by atoms with Gasteiger partial charge in [-0.3, -0.25) is 0 Å². The molecule has 0 aliphatic heterocycles. The predicted molar refractivity (Wildman–Crippen MR) is 82.5 cm³/mol. The van der Waals surface area contributed by atoms with Gasteiger partial charge < -0.3 is 15.8 Å². The molecule has 2 aromatic rings. The molecule has 0 spiro atoms. The van der Waals surface area contributed by atoms with E-state index in [1.807, 2.05) is 36.4 Å². The summed E-state index contributed by atoms with van der Waals surface area (Å²) in [6, 6.07) is 11.4. The van der Waals surface area contributed by atoms with Gasteiger partial charge in [-0.1, -0.05) is 6.07 Å². The van der Waals surface area contributed by atoms with Crippen LogP contribution in [0.4, 0.5) is 17.1 Å². The zero-order valence-electron chi connectivity index (χ0n) is 9.71. The van der Waals surface area contributed by atoms with Crippen LogP contribution < -0.4 is 15.8 Å². The highest BCUT2D eigenvalue weighted by atomic mass is 79.9. The Balaban J connectivity index is 2.34. The van der Waals surface area contributed by atoms with Crippen molar-refractivity contribution in [2.75, 3.05) is 18.2 Å². The van der Waals surface area contributed by atoms with Crippen LogP contribution in [0.1, 0.15) is 0 Å². The Morgan fingerprint density at radius 1 is 1.11 bits per heavy atom. The molecule has 0 fully saturated rings. The normalized spacial score (nSPS) is 10.2. The minimum atomic E-state index is 0.722. The van der Waals surface area contributed by atoms with Crippen LogP contribution in [0.3, 0.4) is 0 Å². The first kappa shape index (κ1) is 13.2. The van der Waals surface area contributed by atoms with Crippen molar-refractivity contribution in [2.24, 2.45) is 0 Å². The lowest BCUT2D eigenvalue weighted by molar-refractivity contribution is 0.412. The van der Waals surface area contributed by atoms with Gasteiger partial charge in [0.05, 0.1) is 17.3 Å². The van der Waals surface area contributed by atoms with Gasteiger partial charge in [-0.2, -0.15) is 0 Å². The highest BCUT2D eigenvalue weighted by Crippen LogP contribution is 2.36. The monoisotopic (exact) mass is 370 g/mol. The first-order valence-electron chi connectivity index (χ1n) is 5.26. The van der Waals surface area contributed by atoms with E-state index in [1.165, 1.54) is 0 Å². The lowest BCUT2D eigenvalue weighted by Gasteiger charge is -2.12. The third kappa shape index (κ3) is 2.97. The van der Waals surface area contributed by atoms with Gasteiger partial charge in [0.15, 0.2) is 0 Å². The summed E-state index contributed by atoms with van der Waals surface area (Å²) in [7, 11) is 1.64. The number of methoxy groups -OCH3 is 1. The molecule has 3 N–H and O–H groups in total. The fraction of sp³-hybridized carbons (Fsp3) is 0.0769. The van der Waals surface area contributed by atoms with Crippen LogP contribution in [0.15, 0.2) is 45.3 Å². The lowest BCUT2D eigenvalue weighted by atomic mass is 10.2. The van der Waals surface area contributed by atoms with Gasteiger partial charge in [0.1, 0.15) is 5.75 Å². The Labute approximate surface area is 123 Å². The summed E-state index contributed by atoms with van der Waals surface area (Å²) in [5.41, 5.74) is 8.32. The Morgan fingerprint density at radius 3 is 2.56 bits per heavy atom. The Bertz CT molecular complexity index is 573. The average Bonchev–Trinajstić information content (AvgIpc) is 2.33. The number of nitrogen functional groups attached to an aromatic ring is 1. The van der Waals surface area contributed by atoms with Crippen LogP contribution in [-0.4, -0.2) is 7.11 Å². The van der Waals surface area contributed by atoms with E-state index in [-0.39, 0.29) is 0 Å². The molecule has 94 valence electrons. The first-order chi connectivity index (χ1) is 8.60. The molecule has 0 heterocycles. The van der Waals surface area contributed by atoms with Crippen LogP contribution in [0, 0.1) is 0 Å². The quantitative estimate of drug-likeness (QED) is 0.778. The summed E-state index contributed by atoms with van der Waals surface area (Å²) >= 11 is 6.94. The van der Waals surface area contributed by atoms with Gasteiger partial charge in [-0.25, -0.2) is 0 Å². The molecule has 3 nitrogen and oxygen atoms in total. The lowest BCUT2D eigenvalue weighted by Crippen LogP contribution is -1.94. The molecule has 2 rings (SSSR count). The molecule has 0 unspecified atom stereocenters. The molecular formula is C13H12Br2N2O. The average molecular weight is 372 g/mol. The second-order valence-corrected chi connectivity index (χ2v) is 5.43. The summed E-state index contributed by atoms with van der Waals surface area (Å²) in [6.07, 6.45) is 0. The maximum absolute atomic E-state index is 5.75. The van der Waals surface area contributed by atoms with Crippen LogP contribution in [0.25, 0.3) is 0 Å². The van der Waals surface area contributed by atoms with Gasteiger partial charge in [-0.15, -0.1) is 0 Å². The third-order valence-electron chi connectivity index (χ3n) is 2.41. The zero-order valence-corrected chi connectivity index (χ0v) is 12.9. The number of nitrogens with two attached hydrogens (primary N) is 1. The highest BCUT2D eigenvalue weighted by molar-refractivity contribution is 9.11. The van der Waals surface area contributed by atoms with E-state index >= 15 is 0 Å². The van der Waals surface area contributed by atoms with E-state index in [1.54, 1.807) is 7.11 Å². The molecule has 0 amide bonds. The number of benzene rings is 2. The smallest absolute Gasteiger partial charge is 0.135 e. The van der Waals surface area contributed by atoms with Crippen molar-refractivity contribution in [1.82, 2.24) is 0 Å². The number of nitrogens with one attached hydrogen (secondary N) is 1. The summed E-state index contributed by atoms with van der Waals surface area (Å²) in [5.74, 6) is 0.768. The van der Waals surface area contributed by atoms with Gasteiger partial charge in [0.2, 0.25) is 0 Å². The summed E-state index contributed by atoms with van der Waals surface area (Å²) in [6.45, 7) is 0. The standard InChI is InChI=1S/C13H12Br2N2O/c1-18-13-7-12(10(14)6-11(13)15)17-9-4-2-3-8(16)5-9/h2-7,17H,16H2,1H3. The summed E-state index contributed by atoms with van der Waals surface area (Å²) in [4.78, 5) is 0. The highest BCUT2D eigenvalue weighted by Gasteiger charge is 2.07. The molecule has 0 aliphatic carbocycles. The molecule has 0 bridgehead atoms. The molecule has 0 saturated carbocycles. The van der Waals surface area contributed by atoms with Crippen molar-refractivity contribution in [3.8, 4) is 5.75 Å². The number of ether oxygens (including phenoxy) is 1. The van der Waals surface area contributed by atoms with Crippen LogP contribution >= 0.6 is 31.9 Å². The number of anilines is 3. The van der Waals surface area contributed by atoms with Gasteiger partial charge in [0, 0.05) is 21.9 Å². The third-order valence-corrected chi connectivity index (χ3v) is 3.68. The van der Waals surface area contributed by atoms with Gasteiger partial charge in [0.25, 0.3) is 0 Å². The molecule has 18 heavy (non-hydrogen) atoms. The topological polar surface area (TPSA) is 47.3 Å². The van der Waals surface area contributed by atoms with Crippen LogP contribution in [0.5, 0.6) is 5.75 Å². The van der Waals surface area contributed by atoms with Crippen molar-refractivity contribution >= 4 is 48.9 Å². The molecule has 0 aliphatic rings. The van der Waals surface area contributed by atoms with E-state index in [4.69, 9.17) is 10.5 Å². The minimum Gasteiger partial charge on any atom is -0.495 e. The Morgan fingerprint density at radius 2 is 1.89 bits per heavy atom. The molecule has 0 aromatic heterocycles. The molecule has 0 saturated heterocycles.